The highest BCUT2D eigenvalue weighted by atomic mass is 19.1. The molecular weight excluding hydrogens is 375 g/mol. The molecular formula is C21H29FN4O3. The molecule has 0 radical (unpaired) electrons. The molecule has 2 N–H and O–H groups in total. The number of rotatable bonds is 7. The maximum atomic E-state index is 13.2. The van der Waals surface area contributed by atoms with Crippen molar-refractivity contribution in [1.82, 2.24) is 20.7 Å². The van der Waals surface area contributed by atoms with Crippen molar-refractivity contribution in [3.63, 3.8) is 0 Å². The Bertz CT molecular complexity index is 764. The zero-order chi connectivity index (χ0) is 21.0. The summed E-state index contributed by atoms with van der Waals surface area (Å²) in [4.78, 5) is 39.4. The molecule has 8 heteroatoms. The molecule has 1 aliphatic heterocycles. The van der Waals surface area contributed by atoms with Gasteiger partial charge >= 0.3 is 6.03 Å². The molecule has 3 rings (SSSR count). The highest BCUT2D eigenvalue weighted by Crippen LogP contribution is 2.24. The largest absolute Gasteiger partial charge is 0.344 e. The predicted octanol–water partition coefficient (Wildman–Crippen LogP) is 2.71. The van der Waals surface area contributed by atoms with E-state index in [9.17, 15) is 18.8 Å². The molecule has 7 nitrogen and oxygen atoms in total. The van der Waals surface area contributed by atoms with Crippen molar-refractivity contribution in [2.24, 2.45) is 0 Å². The van der Waals surface area contributed by atoms with E-state index in [0.29, 0.717) is 13.0 Å². The van der Waals surface area contributed by atoms with Gasteiger partial charge in [-0.25, -0.2) is 9.18 Å². The minimum atomic E-state index is -0.998. The molecule has 1 atom stereocenters. The number of halogens is 1. The van der Waals surface area contributed by atoms with E-state index in [0.717, 1.165) is 36.3 Å². The molecule has 1 saturated carbocycles. The SMILES string of the molecule is CCC1(C)NC(=O)N(NC(=O)CN(Cc2ccc(F)cc2)C2CCCCC2)C1=O. The van der Waals surface area contributed by atoms with E-state index >= 15 is 0 Å². The lowest BCUT2D eigenvalue weighted by Gasteiger charge is -2.34. The van der Waals surface area contributed by atoms with Crippen LogP contribution in [0.4, 0.5) is 9.18 Å². The second kappa shape index (κ2) is 8.90. The molecule has 1 aliphatic carbocycles. The molecule has 1 unspecified atom stereocenters. The van der Waals surface area contributed by atoms with Gasteiger partial charge in [0.05, 0.1) is 6.54 Å². The van der Waals surface area contributed by atoms with Crippen LogP contribution in [0.3, 0.4) is 0 Å². The van der Waals surface area contributed by atoms with Gasteiger partial charge in [-0.1, -0.05) is 38.3 Å². The van der Waals surface area contributed by atoms with Gasteiger partial charge in [-0.05, 0) is 43.9 Å². The number of hydrogen-bond donors (Lipinski definition) is 2. The van der Waals surface area contributed by atoms with Crippen LogP contribution in [0.2, 0.25) is 0 Å². The number of nitrogens with zero attached hydrogens (tertiary/aromatic N) is 2. The zero-order valence-electron chi connectivity index (χ0n) is 17.0. The lowest BCUT2D eigenvalue weighted by molar-refractivity contribution is -0.139. The van der Waals surface area contributed by atoms with Crippen LogP contribution in [-0.2, 0) is 16.1 Å². The van der Waals surface area contributed by atoms with E-state index in [1.165, 1.54) is 18.6 Å². The minimum absolute atomic E-state index is 0.0575. The lowest BCUT2D eigenvalue weighted by Crippen LogP contribution is -2.52. The van der Waals surface area contributed by atoms with Gasteiger partial charge in [-0.3, -0.25) is 19.9 Å². The average molecular weight is 404 g/mol. The zero-order valence-corrected chi connectivity index (χ0v) is 17.0. The molecule has 2 fully saturated rings. The van der Waals surface area contributed by atoms with Crippen molar-refractivity contribution in [2.75, 3.05) is 6.54 Å². The number of imide groups is 1. The molecule has 158 valence electrons. The number of benzene rings is 1. The summed E-state index contributed by atoms with van der Waals surface area (Å²) in [5.74, 6) is -1.17. The molecule has 1 heterocycles. The molecule has 4 amide bonds. The Morgan fingerprint density at radius 1 is 1.24 bits per heavy atom. The van der Waals surface area contributed by atoms with Crippen LogP contribution >= 0.6 is 0 Å². The van der Waals surface area contributed by atoms with Crippen molar-refractivity contribution in [3.8, 4) is 0 Å². The van der Waals surface area contributed by atoms with Crippen LogP contribution < -0.4 is 10.7 Å². The van der Waals surface area contributed by atoms with Gasteiger partial charge in [0.25, 0.3) is 11.8 Å². The Hall–Kier alpha value is -2.48. The first kappa shape index (κ1) is 21.2. The fourth-order valence-electron chi connectivity index (χ4n) is 3.95. The topological polar surface area (TPSA) is 81.8 Å². The maximum absolute atomic E-state index is 13.2. The highest BCUT2D eigenvalue weighted by Gasteiger charge is 2.47. The van der Waals surface area contributed by atoms with Crippen molar-refractivity contribution >= 4 is 17.8 Å². The van der Waals surface area contributed by atoms with Gasteiger partial charge in [0, 0.05) is 12.6 Å². The fourth-order valence-corrected chi connectivity index (χ4v) is 3.95. The van der Waals surface area contributed by atoms with Gasteiger partial charge in [-0.15, -0.1) is 0 Å². The monoisotopic (exact) mass is 404 g/mol. The Morgan fingerprint density at radius 2 is 1.90 bits per heavy atom. The number of nitrogens with one attached hydrogen (secondary N) is 2. The quantitative estimate of drug-likeness (QED) is 0.685. The Balaban J connectivity index is 1.68. The number of hydrogen-bond acceptors (Lipinski definition) is 4. The van der Waals surface area contributed by atoms with E-state index in [1.807, 2.05) is 0 Å². The first-order valence-electron chi connectivity index (χ1n) is 10.3. The third-order valence-corrected chi connectivity index (χ3v) is 5.94. The van der Waals surface area contributed by atoms with Crippen molar-refractivity contribution in [1.29, 1.82) is 0 Å². The summed E-state index contributed by atoms with van der Waals surface area (Å²) in [6.45, 7) is 4.01. The molecule has 29 heavy (non-hydrogen) atoms. The van der Waals surface area contributed by atoms with E-state index in [-0.39, 0.29) is 18.4 Å². The minimum Gasteiger partial charge on any atom is -0.322 e. The summed E-state index contributed by atoms with van der Waals surface area (Å²) in [5.41, 5.74) is 2.38. The highest BCUT2D eigenvalue weighted by molar-refractivity contribution is 6.07. The van der Waals surface area contributed by atoms with Crippen molar-refractivity contribution < 1.29 is 18.8 Å². The van der Waals surface area contributed by atoms with Gasteiger partial charge in [0.1, 0.15) is 11.4 Å². The van der Waals surface area contributed by atoms with E-state index in [1.54, 1.807) is 26.0 Å². The molecule has 1 aromatic carbocycles. The van der Waals surface area contributed by atoms with E-state index < -0.39 is 23.4 Å². The molecule has 0 bridgehead atoms. The molecule has 1 saturated heterocycles. The second-order valence-corrected chi connectivity index (χ2v) is 8.11. The number of hydrazine groups is 1. The van der Waals surface area contributed by atoms with E-state index in [2.05, 4.69) is 15.6 Å². The number of urea groups is 1. The van der Waals surface area contributed by atoms with Crippen molar-refractivity contribution in [2.45, 2.75) is 70.5 Å². The Morgan fingerprint density at radius 3 is 2.48 bits per heavy atom. The smallest absolute Gasteiger partial charge is 0.322 e. The summed E-state index contributed by atoms with van der Waals surface area (Å²) in [5, 5.41) is 3.40. The van der Waals surface area contributed by atoms with Crippen LogP contribution in [0, 0.1) is 5.82 Å². The predicted molar refractivity (Wildman–Crippen MR) is 106 cm³/mol. The number of carbonyl (C=O) groups is 3. The maximum Gasteiger partial charge on any atom is 0.344 e. The summed E-state index contributed by atoms with van der Waals surface area (Å²) >= 11 is 0. The molecule has 0 spiro atoms. The van der Waals surface area contributed by atoms with Crippen LogP contribution in [0.25, 0.3) is 0 Å². The standard InChI is InChI=1S/C21H29FN4O3/c1-3-21(2)19(28)26(20(29)23-21)24-18(27)14-25(17-7-5-4-6-8-17)13-15-9-11-16(22)12-10-15/h9-12,17H,3-8,13-14H2,1-2H3,(H,23,29)(H,24,27). The van der Waals surface area contributed by atoms with Crippen LogP contribution in [0.1, 0.15) is 57.9 Å². The van der Waals surface area contributed by atoms with Gasteiger partial charge in [-0.2, -0.15) is 5.01 Å². The number of amides is 4. The third-order valence-electron chi connectivity index (χ3n) is 5.94. The summed E-state index contributed by atoms with van der Waals surface area (Å²) < 4.78 is 13.2. The van der Waals surface area contributed by atoms with Crippen molar-refractivity contribution in [3.05, 3.63) is 35.6 Å². The number of carbonyl (C=O) groups excluding carboxylic acids is 3. The Kier molecular flexibility index (Phi) is 6.52. The van der Waals surface area contributed by atoms with Gasteiger partial charge in [0.15, 0.2) is 0 Å². The molecule has 1 aromatic rings. The molecule has 0 aromatic heterocycles. The summed E-state index contributed by atoms with van der Waals surface area (Å²) in [6, 6.07) is 5.88. The normalized spacial score (nSPS) is 22.8. The first-order valence-corrected chi connectivity index (χ1v) is 10.3. The first-order chi connectivity index (χ1) is 13.8. The average Bonchev–Trinajstić information content (AvgIpc) is 2.93. The van der Waals surface area contributed by atoms with Crippen LogP contribution in [0.5, 0.6) is 0 Å². The second-order valence-electron chi connectivity index (χ2n) is 8.11. The summed E-state index contributed by atoms with van der Waals surface area (Å²) in [6.07, 6.45) is 5.81. The van der Waals surface area contributed by atoms with Crippen LogP contribution in [-0.4, -0.2) is 45.9 Å². The lowest BCUT2D eigenvalue weighted by atomic mass is 9.94. The van der Waals surface area contributed by atoms with E-state index in [4.69, 9.17) is 0 Å². The molecule has 2 aliphatic rings. The van der Waals surface area contributed by atoms with Crippen LogP contribution in [0.15, 0.2) is 24.3 Å². The van der Waals surface area contributed by atoms with Gasteiger partial charge in [0.2, 0.25) is 0 Å². The summed E-state index contributed by atoms with van der Waals surface area (Å²) in [7, 11) is 0. The Labute approximate surface area is 170 Å². The fraction of sp³-hybridized carbons (Fsp3) is 0.571. The van der Waals surface area contributed by atoms with Gasteiger partial charge < -0.3 is 5.32 Å². The third kappa shape index (κ3) is 4.93.